The molecule has 0 aliphatic heterocycles. The Morgan fingerprint density at radius 2 is 2.23 bits per heavy atom. The lowest BCUT2D eigenvalue weighted by Gasteiger charge is -2.03. The topological polar surface area (TPSA) is 52.0 Å². The van der Waals surface area contributed by atoms with Gasteiger partial charge in [-0.2, -0.15) is 0 Å². The molecule has 1 heterocycles. The smallest absolute Gasteiger partial charge is 0.170 e. The molecule has 3 nitrogen and oxygen atoms in total. The molecule has 1 saturated carbocycles. The number of anilines is 1. The Hall–Kier alpha value is -0.990. The second-order valence-corrected chi connectivity index (χ2v) is 4.28. The lowest BCUT2D eigenvalue weighted by Crippen LogP contribution is -1.99. The molecule has 0 aromatic carbocycles. The van der Waals surface area contributed by atoms with Gasteiger partial charge >= 0.3 is 0 Å². The summed E-state index contributed by atoms with van der Waals surface area (Å²) in [4.78, 5) is 0. The highest BCUT2D eigenvalue weighted by molar-refractivity contribution is 5.43. The van der Waals surface area contributed by atoms with E-state index in [1.54, 1.807) is 0 Å². The van der Waals surface area contributed by atoms with Crippen LogP contribution < -0.4 is 5.73 Å². The van der Waals surface area contributed by atoms with Crippen LogP contribution in [0.1, 0.15) is 43.9 Å². The Kier molecular flexibility index (Phi) is 2.02. The van der Waals surface area contributed by atoms with E-state index in [0.29, 0.717) is 17.7 Å². The van der Waals surface area contributed by atoms with Crippen LogP contribution in [0.3, 0.4) is 0 Å². The van der Waals surface area contributed by atoms with Crippen LogP contribution in [0.5, 0.6) is 0 Å². The lowest BCUT2D eigenvalue weighted by atomic mass is 10.0. The van der Waals surface area contributed by atoms with E-state index in [1.807, 2.05) is 0 Å². The van der Waals surface area contributed by atoms with Gasteiger partial charge in [-0.05, 0) is 25.2 Å². The average Bonchev–Trinajstić information content (AvgIpc) is 2.81. The number of nitrogens with zero attached hydrogens (tertiary/aromatic N) is 1. The standard InChI is InChI=1S/C10H16N2O/c1-6(2)5-8-9(7-3-4-7)13-12-10(8)11/h6-7H,3-5H2,1-2H3,(H2,11,12). The zero-order valence-corrected chi connectivity index (χ0v) is 8.21. The van der Waals surface area contributed by atoms with E-state index in [4.69, 9.17) is 10.3 Å². The van der Waals surface area contributed by atoms with Gasteiger partial charge in [-0.25, -0.2) is 0 Å². The Morgan fingerprint density at radius 3 is 2.77 bits per heavy atom. The third-order valence-electron chi connectivity index (χ3n) is 2.41. The molecule has 72 valence electrons. The highest BCUT2D eigenvalue weighted by Crippen LogP contribution is 2.43. The first-order valence-corrected chi connectivity index (χ1v) is 4.92. The highest BCUT2D eigenvalue weighted by atomic mass is 16.5. The summed E-state index contributed by atoms with van der Waals surface area (Å²) < 4.78 is 5.25. The van der Waals surface area contributed by atoms with Crippen molar-refractivity contribution in [1.82, 2.24) is 5.16 Å². The molecule has 0 bridgehead atoms. The van der Waals surface area contributed by atoms with Crippen molar-refractivity contribution in [2.75, 3.05) is 5.73 Å². The van der Waals surface area contributed by atoms with E-state index >= 15 is 0 Å². The molecule has 0 unspecified atom stereocenters. The molecule has 2 N–H and O–H groups in total. The molecule has 1 aromatic heterocycles. The summed E-state index contributed by atoms with van der Waals surface area (Å²) in [5.41, 5.74) is 6.90. The van der Waals surface area contributed by atoms with E-state index in [9.17, 15) is 0 Å². The fourth-order valence-corrected chi connectivity index (χ4v) is 1.61. The van der Waals surface area contributed by atoms with E-state index in [2.05, 4.69) is 19.0 Å². The van der Waals surface area contributed by atoms with Crippen LogP contribution >= 0.6 is 0 Å². The average molecular weight is 180 g/mol. The van der Waals surface area contributed by atoms with Crippen LogP contribution in [0.25, 0.3) is 0 Å². The first-order valence-electron chi connectivity index (χ1n) is 4.92. The van der Waals surface area contributed by atoms with E-state index < -0.39 is 0 Å². The van der Waals surface area contributed by atoms with Gasteiger partial charge in [0.1, 0.15) is 5.76 Å². The monoisotopic (exact) mass is 180 g/mol. The molecule has 0 radical (unpaired) electrons. The molecule has 1 aliphatic rings. The molecule has 3 heteroatoms. The second-order valence-electron chi connectivity index (χ2n) is 4.28. The zero-order valence-electron chi connectivity index (χ0n) is 8.21. The van der Waals surface area contributed by atoms with Gasteiger partial charge in [0.05, 0.1) is 0 Å². The highest BCUT2D eigenvalue weighted by Gasteiger charge is 2.31. The Morgan fingerprint density at radius 1 is 1.54 bits per heavy atom. The Balaban J connectivity index is 2.23. The largest absolute Gasteiger partial charge is 0.381 e. The molecule has 0 amide bonds. The summed E-state index contributed by atoms with van der Waals surface area (Å²) in [5.74, 6) is 2.86. The molecule has 13 heavy (non-hydrogen) atoms. The summed E-state index contributed by atoms with van der Waals surface area (Å²) in [6.07, 6.45) is 3.46. The zero-order chi connectivity index (χ0) is 9.42. The second kappa shape index (κ2) is 3.05. The van der Waals surface area contributed by atoms with Gasteiger partial charge in [-0.1, -0.05) is 19.0 Å². The fourth-order valence-electron chi connectivity index (χ4n) is 1.61. The van der Waals surface area contributed by atoms with Crippen LogP contribution in [0.4, 0.5) is 5.82 Å². The normalized spacial score (nSPS) is 16.8. The van der Waals surface area contributed by atoms with Crippen molar-refractivity contribution in [1.29, 1.82) is 0 Å². The van der Waals surface area contributed by atoms with Crippen molar-refractivity contribution in [3.63, 3.8) is 0 Å². The number of nitrogen functional groups attached to an aromatic ring is 1. The minimum atomic E-state index is 0.593. The first kappa shape index (κ1) is 8.60. The summed E-state index contributed by atoms with van der Waals surface area (Å²) in [7, 11) is 0. The summed E-state index contributed by atoms with van der Waals surface area (Å²) >= 11 is 0. The number of nitrogens with two attached hydrogens (primary N) is 1. The minimum absolute atomic E-state index is 0.593. The van der Waals surface area contributed by atoms with Gasteiger partial charge in [-0.3, -0.25) is 0 Å². The molecular weight excluding hydrogens is 164 g/mol. The SMILES string of the molecule is CC(C)Cc1c(N)noc1C1CC1. The van der Waals surface area contributed by atoms with Gasteiger partial charge < -0.3 is 10.3 Å². The number of aromatic nitrogens is 1. The first-order chi connectivity index (χ1) is 6.18. The van der Waals surface area contributed by atoms with Crippen LogP contribution in [0, 0.1) is 5.92 Å². The summed E-state index contributed by atoms with van der Waals surface area (Å²) in [6.45, 7) is 4.37. The van der Waals surface area contributed by atoms with Gasteiger partial charge in [0, 0.05) is 11.5 Å². The van der Waals surface area contributed by atoms with Gasteiger partial charge in [0.25, 0.3) is 0 Å². The summed E-state index contributed by atoms with van der Waals surface area (Å²) in [6, 6.07) is 0. The van der Waals surface area contributed by atoms with Crippen molar-refractivity contribution in [3.8, 4) is 0 Å². The van der Waals surface area contributed by atoms with Crippen LogP contribution in [0.15, 0.2) is 4.52 Å². The van der Waals surface area contributed by atoms with E-state index in [-0.39, 0.29) is 0 Å². The van der Waals surface area contributed by atoms with Crippen molar-refractivity contribution in [3.05, 3.63) is 11.3 Å². The molecular formula is C10H16N2O. The third-order valence-corrected chi connectivity index (χ3v) is 2.41. The molecule has 0 saturated heterocycles. The number of hydrogen-bond acceptors (Lipinski definition) is 3. The predicted octanol–water partition coefficient (Wildman–Crippen LogP) is 2.33. The van der Waals surface area contributed by atoms with Crippen LogP contribution in [-0.4, -0.2) is 5.16 Å². The Labute approximate surface area is 78.3 Å². The molecule has 0 atom stereocenters. The molecule has 2 rings (SSSR count). The van der Waals surface area contributed by atoms with E-state index in [0.717, 1.165) is 17.7 Å². The molecule has 1 aliphatic carbocycles. The van der Waals surface area contributed by atoms with Crippen LogP contribution in [0.2, 0.25) is 0 Å². The van der Waals surface area contributed by atoms with Crippen molar-refractivity contribution in [2.45, 2.75) is 39.0 Å². The van der Waals surface area contributed by atoms with Gasteiger partial charge in [0.2, 0.25) is 0 Å². The lowest BCUT2D eigenvalue weighted by molar-refractivity contribution is 0.384. The predicted molar refractivity (Wildman–Crippen MR) is 51.4 cm³/mol. The van der Waals surface area contributed by atoms with Gasteiger partial charge in [-0.15, -0.1) is 0 Å². The quantitative estimate of drug-likeness (QED) is 0.776. The maximum absolute atomic E-state index is 5.75. The van der Waals surface area contributed by atoms with E-state index in [1.165, 1.54) is 12.8 Å². The van der Waals surface area contributed by atoms with Gasteiger partial charge in [0.15, 0.2) is 5.82 Å². The maximum Gasteiger partial charge on any atom is 0.170 e. The minimum Gasteiger partial charge on any atom is -0.381 e. The molecule has 0 spiro atoms. The Bertz CT molecular complexity index is 300. The third kappa shape index (κ3) is 1.69. The number of hydrogen-bond donors (Lipinski definition) is 1. The van der Waals surface area contributed by atoms with Crippen LogP contribution in [-0.2, 0) is 6.42 Å². The number of rotatable bonds is 3. The molecule has 1 aromatic rings. The summed E-state index contributed by atoms with van der Waals surface area (Å²) in [5, 5.41) is 3.83. The maximum atomic E-state index is 5.75. The van der Waals surface area contributed by atoms with Crippen molar-refractivity contribution in [2.24, 2.45) is 5.92 Å². The fraction of sp³-hybridized carbons (Fsp3) is 0.700. The molecule has 1 fully saturated rings. The van der Waals surface area contributed by atoms with Crippen molar-refractivity contribution < 1.29 is 4.52 Å². The van der Waals surface area contributed by atoms with Crippen molar-refractivity contribution >= 4 is 5.82 Å².